The number of benzene rings is 1. The van der Waals surface area contributed by atoms with Crippen LogP contribution in [0.2, 0.25) is 0 Å². The predicted octanol–water partition coefficient (Wildman–Crippen LogP) is 0.624. The topological polar surface area (TPSA) is 100 Å². The number of carbonyl (C=O) groups is 2. The first-order valence-corrected chi connectivity index (χ1v) is 6.64. The SMILES string of the molecule is CN(C)C(=O)NCC(=O)NCc1ccc(-c2ncon2)cc1. The maximum atomic E-state index is 11.6. The monoisotopic (exact) mass is 303 g/mol. The van der Waals surface area contributed by atoms with Gasteiger partial charge in [-0.2, -0.15) is 4.98 Å². The molecular formula is C14H17N5O3. The van der Waals surface area contributed by atoms with Crippen LogP contribution in [0.4, 0.5) is 4.79 Å². The zero-order valence-corrected chi connectivity index (χ0v) is 12.4. The molecule has 1 heterocycles. The van der Waals surface area contributed by atoms with Crippen LogP contribution in [0.3, 0.4) is 0 Å². The summed E-state index contributed by atoms with van der Waals surface area (Å²) >= 11 is 0. The molecule has 8 nitrogen and oxygen atoms in total. The highest BCUT2D eigenvalue weighted by atomic mass is 16.5. The third-order valence-corrected chi connectivity index (χ3v) is 2.87. The Morgan fingerprint density at radius 2 is 1.91 bits per heavy atom. The molecule has 0 radical (unpaired) electrons. The Hall–Kier alpha value is -2.90. The summed E-state index contributed by atoms with van der Waals surface area (Å²) in [5, 5.41) is 8.96. The van der Waals surface area contributed by atoms with Crippen LogP contribution in [0.5, 0.6) is 0 Å². The van der Waals surface area contributed by atoms with Gasteiger partial charge in [-0.3, -0.25) is 4.79 Å². The van der Waals surface area contributed by atoms with Crippen LogP contribution in [0, 0.1) is 0 Å². The smallest absolute Gasteiger partial charge is 0.317 e. The predicted molar refractivity (Wildman–Crippen MR) is 78.7 cm³/mol. The third kappa shape index (κ3) is 4.30. The molecule has 2 rings (SSSR count). The van der Waals surface area contributed by atoms with Crippen LogP contribution >= 0.6 is 0 Å². The van der Waals surface area contributed by atoms with Gasteiger partial charge in [-0.15, -0.1) is 0 Å². The van der Waals surface area contributed by atoms with Gasteiger partial charge in [-0.1, -0.05) is 29.4 Å². The fraction of sp³-hybridized carbons (Fsp3) is 0.286. The summed E-state index contributed by atoms with van der Waals surface area (Å²) in [6, 6.07) is 7.12. The summed E-state index contributed by atoms with van der Waals surface area (Å²) in [6.07, 6.45) is 1.27. The first kappa shape index (κ1) is 15.5. The van der Waals surface area contributed by atoms with Gasteiger partial charge >= 0.3 is 6.03 Å². The minimum atomic E-state index is -0.306. The molecule has 1 aromatic heterocycles. The van der Waals surface area contributed by atoms with Gasteiger partial charge in [0.25, 0.3) is 0 Å². The van der Waals surface area contributed by atoms with Crippen LogP contribution in [0.15, 0.2) is 35.2 Å². The Bertz CT molecular complexity index is 622. The van der Waals surface area contributed by atoms with E-state index in [0.717, 1.165) is 11.1 Å². The lowest BCUT2D eigenvalue weighted by atomic mass is 10.1. The lowest BCUT2D eigenvalue weighted by Crippen LogP contribution is -2.41. The second-order valence-corrected chi connectivity index (χ2v) is 4.78. The van der Waals surface area contributed by atoms with Crippen molar-refractivity contribution < 1.29 is 14.1 Å². The normalized spacial score (nSPS) is 10.1. The molecule has 0 aliphatic carbocycles. The van der Waals surface area contributed by atoms with E-state index >= 15 is 0 Å². The van der Waals surface area contributed by atoms with Crippen LogP contribution in [0.25, 0.3) is 11.4 Å². The van der Waals surface area contributed by atoms with Crippen molar-refractivity contribution in [2.24, 2.45) is 0 Å². The summed E-state index contributed by atoms with van der Waals surface area (Å²) < 4.78 is 4.69. The van der Waals surface area contributed by atoms with Crippen molar-refractivity contribution in [1.82, 2.24) is 25.7 Å². The molecule has 2 N–H and O–H groups in total. The fourth-order valence-corrected chi connectivity index (χ4v) is 1.65. The van der Waals surface area contributed by atoms with Crippen molar-refractivity contribution in [3.05, 3.63) is 36.2 Å². The number of rotatable bonds is 5. The minimum Gasteiger partial charge on any atom is -0.350 e. The number of amides is 3. The average Bonchev–Trinajstić information content (AvgIpc) is 3.05. The maximum absolute atomic E-state index is 11.6. The van der Waals surface area contributed by atoms with Crippen LogP contribution < -0.4 is 10.6 Å². The molecule has 3 amide bonds. The van der Waals surface area contributed by atoms with Gasteiger partial charge in [0.05, 0.1) is 6.54 Å². The number of carbonyl (C=O) groups excluding carboxylic acids is 2. The Morgan fingerprint density at radius 3 is 2.50 bits per heavy atom. The molecule has 1 aromatic carbocycles. The van der Waals surface area contributed by atoms with E-state index in [2.05, 4.69) is 25.3 Å². The molecule has 8 heteroatoms. The van der Waals surface area contributed by atoms with E-state index in [-0.39, 0.29) is 18.5 Å². The third-order valence-electron chi connectivity index (χ3n) is 2.87. The molecule has 0 unspecified atom stereocenters. The zero-order valence-electron chi connectivity index (χ0n) is 12.4. The van der Waals surface area contributed by atoms with Gasteiger partial charge in [0.15, 0.2) is 0 Å². The molecule has 2 aromatic rings. The first-order valence-electron chi connectivity index (χ1n) is 6.64. The van der Waals surface area contributed by atoms with Gasteiger partial charge < -0.3 is 20.1 Å². The zero-order chi connectivity index (χ0) is 15.9. The Balaban J connectivity index is 1.79. The fourth-order valence-electron chi connectivity index (χ4n) is 1.65. The van der Waals surface area contributed by atoms with Crippen LogP contribution in [-0.4, -0.2) is 47.6 Å². The number of urea groups is 1. The molecular weight excluding hydrogens is 286 g/mol. The van der Waals surface area contributed by atoms with Crippen molar-refractivity contribution in [1.29, 1.82) is 0 Å². The van der Waals surface area contributed by atoms with E-state index in [0.29, 0.717) is 12.4 Å². The molecule has 0 spiro atoms. The summed E-state index contributed by atoms with van der Waals surface area (Å²) in [4.78, 5) is 28.2. The second-order valence-electron chi connectivity index (χ2n) is 4.78. The van der Waals surface area contributed by atoms with Crippen LogP contribution in [0.1, 0.15) is 5.56 Å². The van der Waals surface area contributed by atoms with E-state index in [1.807, 2.05) is 24.3 Å². The van der Waals surface area contributed by atoms with Gasteiger partial charge in [-0.05, 0) is 5.56 Å². The van der Waals surface area contributed by atoms with E-state index in [1.165, 1.54) is 11.3 Å². The van der Waals surface area contributed by atoms with E-state index in [9.17, 15) is 9.59 Å². The Kier molecular flexibility index (Phi) is 5.07. The molecule has 0 aliphatic heterocycles. The second kappa shape index (κ2) is 7.21. The molecule has 0 fully saturated rings. The summed E-state index contributed by atoms with van der Waals surface area (Å²) in [5.41, 5.74) is 1.77. The molecule has 0 saturated heterocycles. The van der Waals surface area contributed by atoms with Crippen molar-refractivity contribution in [3.63, 3.8) is 0 Å². The van der Waals surface area contributed by atoms with Gasteiger partial charge in [-0.25, -0.2) is 4.79 Å². The van der Waals surface area contributed by atoms with Crippen molar-refractivity contribution in [2.75, 3.05) is 20.6 Å². The largest absolute Gasteiger partial charge is 0.350 e. The lowest BCUT2D eigenvalue weighted by Gasteiger charge is -2.12. The highest BCUT2D eigenvalue weighted by molar-refractivity contribution is 5.83. The van der Waals surface area contributed by atoms with E-state index < -0.39 is 0 Å². The summed E-state index contributed by atoms with van der Waals surface area (Å²) in [5.74, 6) is 0.263. The maximum Gasteiger partial charge on any atom is 0.317 e. The average molecular weight is 303 g/mol. The molecule has 0 saturated carbocycles. The first-order chi connectivity index (χ1) is 10.6. The van der Waals surface area contributed by atoms with E-state index in [1.54, 1.807) is 14.1 Å². The van der Waals surface area contributed by atoms with Crippen LogP contribution in [-0.2, 0) is 11.3 Å². The quantitative estimate of drug-likeness (QED) is 0.843. The standard InChI is InChI=1S/C14H17N5O3/c1-19(2)14(21)16-8-12(20)15-7-10-3-5-11(6-4-10)13-17-9-22-18-13/h3-6,9H,7-8H2,1-2H3,(H,15,20)(H,16,21). The molecule has 0 atom stereocenters. The highest BCUT2D eigenvalue weighted by Crippen LogP contribution is 2.14. The molecule has 116 valence electrons. The van der Waals surface area contributed by atoms with Crippen molar-refractivity contribution >= 4 is 11.9 Å². The summed E-state index contributed by atoms with van der Waals surface area (Å²) in [7, 11) is 3.22. The minimum absolute atomic E-state index is 0.0576. The Morgan fingerprint density at radius 1 is 1.18 bits per heavy atom. The Labute approximate surface area is 127 Å². The molecule has 22 heavy (non-hydrogen) atoms. The lowest BCUT2D eigenvalue weighted by molar-refractivity contribution is -0.120. The van der Waals surface area contributed by atoms with Gasteiger partial charge in [0, 0.05) is 26.2 Å². The number of nitrogens with zero attached hydrogens (tertiary/aromatic N) is 3. The number of aromatic nitrogens is 2. The van der Waals surface area contributed by atoms with Crippen molar-refractivity contribution in [2.45, 2.75) is 6.54 Å². The summed E-state index contributed by atoms with van der Waals surface area (Å²) in [6.45, 7) is 0.321. The number of hydrogen-bond acceptors (Lipinski definition) is 5. The van der Waals surface area contributed by atoms with Crippen molar-refractivity contribution in [3.8, 4) is 11.4 Å². The molecule has 0 aliphatic rings. The van der Waals surface area contributed by atoms with Gasteiger partial charge in [0.2, 0.25) is 18.1 Å². The number of hydrogen-bond donors (Lipinski definition) is 2. The van der Waals surface area contributed by atoms with Gasteiger partial charge in [0.1, 0.15) is 0 Å². The number of nitrogens with one attached hydrogen (secondary N) is 2. The molecule has 0 bridgehead atoms. The highest BCUT2D eigenvalue weighted by Gasteiger charge is 2.07. The van der Waals surface area contributed by atoms with E-state index in [4.69, 9.17) is 0 Å².